The lowest BCUT2D eigenvalue weighted by atomic mass is 10.3. The molecule has 0 aromatic rings. The normalized spacial score (nSPS) is 13.4. The van der Waals surface area contributed by atoms with Gasteiger partial charge in [0.1, 0.15) is 0 Å². The molecule has 0 saturated carbocycles. The number of carbonyl (C=O) groups excluding carboxylic acids is 1. The Kier molecular flexibility index (Phi) is 3.00. The van der Waals surface area contributed by atoms with E-state index < -0.39 is 0 Å². The van der Waals surface area contributed by atoms with Crippen molar-refractivity contribution in [3.8, 4) is 0 Å². The quantitative estimate of drug-likeness (QED) is 0.601. The molecule has 1 amide bonds. The van der Waals surface area contributed by atoms with Crippen LogP contribution in [0.4, 0.5) is 0 Å². The van der Waals surface area contributed by atoms with E-state index in [-0.39, 0.29) is 10.7 Å². The highest BCUT2D eigenvalue weighted by Gasteiger charge is 1.98. The van der Waals surface area contributed by atoms with Crippen molar-refractivity contribution in [1.82, 2.24) is 0 Å². The molecule has 0 saturated heterocycles. The van der Waals surface area contributed by atoms with Crippen molar-refractivity contribution in [2.45, 2.75) is 18.2 Å². The van der Waals surface area contributed by atoms with Crippen LogP contribution in [-0.4, -0.2) is 10.7 Å². The molecule has 0 aliphatic rings. The third-order valence-corrected chi connectivity index (χ3v) is 0.806. The number of halogens is 1. The van der Waals surface area contributed by atoms with Crippen LogP contribution in [0.5, 0.6) is 0 Å². The first-order chi connectivity index (χ1) is 3.13. The van der Waals surface area contributed by atoms with Gasteiger partial charge in [-0.25, -0.2) is 0 Å². The standard InChI is InChI=1S/C4H8BrNO/c1-3(5)2-4(6)7/h3H,2H2,1H3,(H2,6,7)/t3-/m0/s1. The van der Waals surface area contributed by atoms with E-state index in [4.69, 9.17) is 5.73 Å². The average Bonchev–Trinajstić information content (AvgIpc) is 1.27. The van der Waals surface area contributed by atoms with Crippen LogP contribution in [0.25, 0.3) is 0 Å². The highest BCUT2D eigenvalue weighted by atomic mass is 79.9. The number of rotatable bonds is 2. The molecule has 0 aromatic carbocycles. The highest BCUT2D eigenvalue weighted by molar-refractivity contribution is 9.09. The van der Waals surface area contributed by atoms with Crippen molar-refractivity contribution >= 4 is 21.8 Å². The Morgan fingerprint density at radius 1 is 2.00 bits per heavy atom. The van der Waals surface area contributed by atoms with E-state index in [1.807, 2.05) is 6.92 Å². The van der Waals surface area contributed by atoms with Crippen molar-refractivity contribution in [2.24, 2.45) is 5.73 Å². The summed E-state index contributed by atoms with van der Waals surface area (Å²) in [6, 6.07) is 0. The van der Waals surface area contributed by atoms with Gasteiger partial charge in [-0.05, 0) is 0 Å². The van der Waals surface area contributed by atoms with Crippen LogP contribution in [0.2, 0.25) is 0 Å². The molecule has 0 rings (SSSR count). The summed E-state index contributed by atoms with van der Waals surface area (Å²) in [6.45, 7) is 1.88. The zero-order valence-corrected chi connectivity index (χ0v) is 5.73. The van der Waals surface area contributed by atoms with Gasteiger partial charge < -0.3 is 5.73 Å². The van der Waals surface area contributed by atoms with Crippen LogP contribution in [0.3, 0.4) is 0 Å². The Morgan fingerprint density at radius 2 is 2.43 bits per heavy atom. The minimum Gasteiger partial charge on any atom is -0.370 e. The van der Waals surface area contributed by atoms with Gasteiger partial charge in [-0.2, -0.15) is 0 Å². The van der Waals surface area contributed by atoms with E-state index >= 15 is 0 Å². The summed E-state index contributed by atoms with van der Waals surface area (Å²) in [7, 11) is 0. The van der Waals surface area contributed by atoms with Gasteiger partial charge in [-0.15, -0.1) is 0 Å². The summed E-state index contributed by atoms with van der Waals surface area (Å²) in [5, 5.41) is 0. The van der Waals surface area contributed by atoms with Gasteiger partial charge in [0.2, 0.25) is 5.91 Å². The minimum atomic E-state index is -0.260. The molecule has 2 nitrogen and oxygen atoms in total. The molecular formula is C4H8BrNO. The molecular weight excluding hydrogens is 158 g/mol. The number of alkyl halides is 1. The lowest BCUT2D eigenvalue weighted by molar-refractivity contribution is -0.117. The van der Waals surface area contributed by atoms with Crippen molar-refractivity contribution in [3.63, 3.8) is 0 Å². The molecule has 42 valence electrons. The summed E-state index contributed by atoms with van der Waals surface area (Å²) >= 11 is 3.17. The molecule has 0 aliphatic carbocycles. The number of hydrogen-bond acceptors (Lipinski definition) is 1. The third-order valence-electron chi connectivity index (χ3n) is 0.482. The Hall–Kier alpha value is -0.0500. The molecule has 7 heavy (non-hydrogen) atoms. The zero-order chi connectivity index (χ0) is 5.86. The maximum absolute atomic E-state index is 10.0. The van der Waals surface area contributed by atoms with Crippen LogP contribution >= 0.6 is 15.9 Å². The van der Waals surface area contributed by atoms with Gasteiger partial charge >= 0.3 is 0 Å². The molecule has 0 heterocycles. The average molecular weight is 166 g/mol. The topological polar surface area (TPSA) is 43.1 Å². The lowest BCUT2D eigenvalue weighted by Gasteiger charge is -1.93. The second-order valence-electron chi connectivity index (χ2n) is 1.45. The smallest absolute Gasteiger partial charge is 0.218 e. The largest absolute Gasteiger partial charge is 0.370 e. The summed E-state index contributed by atoms with van der Waals surface area (Å²) in [5.41, 5.74) is 4.82. The van der Waals surface area contributed by atoms with E-state index in [0.717, 1.165) is 0 Å². The van der Waals surface area contributed by atoms with E-state index in [2.05, 4.69) is 15.9 Å². The number of primary amides is 1. The maximum Gasteiger partial charge on any atom is 0.218 e. The molecule has 0 aromatic heterocycles. The van der Waals surface area contributed by atoms with Crippen LogP contribution in [0, 0.1) is 0 Å². The molecule has 0 unspecified atom stereocenters. The fourth-order valence-corrected chi connectivity index (χ4v) is 0.596. The Labute approximate surface area is 51.2 Å². The predicted octanol–water partition coefficient (Wildman–Crippen LogP) is 0.645. The summed E-state index contributed by atoms with van der Waals surface area (Å²) in [4.78, 5) is 10.2. The van der Waals surface area contributed by atoms with Crippen LogP contribution in [0.15, 0.2) is 0 Å². The number of nitrogens with two attached hydrogens (primary N) is 1. The van der Waals surface area contributed by atoms with Gasteiger partial charge in [0.15, 0.2) is 0 Å². The Balaban J connectivity index is 3.13. The Morgan fingerprint density at radius 3 is 2.43 bits per heavy atom. The molecule has 0 radical (unpaired) electrons. The van der Waals surface area contributed by atoms with Gasteiger partial charge in [-0.1, -0.05) is 22.9 Å². The molecule has 0 aliphatic heterocycles. The highest BCUT2D eigenvalue weighted by Crippen LogP contribution is 2.00. The van der Waals surface area contributed by atoms with Crippen molar-refractivity contribution in [2.75, 3.05) is 0 Å². The Bertz CT molecular complexity index is 72.1. The molecule has 0 fully saturated rings. The molecule has 0 spiro atoms. The van der Waals surface area contributed by atoms with Crippen LogP contribution in [-0.2, 0) is 4.79 Å². The second kappa shape index (κ2) is 3.02. The predicted molar refractivity (Wildman–Crippen MR) is 32.2 cm³/mol. The van der Waals surface area contributed by atoms with E-state index in [9.17, 15) is 4.79 Å². The third kappa shape index (κ3) is 5.95. The number of hydrogen-bond donors (Lipinski definition) is 1. The van der Waals surface area contributed by atoms with Crippen molar-refractivity contribution < 1.29 is 4.79 Å². The molecule has 3 heteroatoms. The first-order valence-electron chi connectivity index (χ1n) is 2.05. The van der Waals surface area contributed by atoms with Crippen molar-refractivity contribution in [3.05, 3.63) is 0 Å². The van der Waals surface area contributed by atoms with Gasteiger partial charge in [0, 0.05) is 11.2 Å². The molecule has 0 bridgehead atoms. The van der Waals surface area contributed by atoms with E-state index in [0.29, 0.717) is 6.42 Å². The SMILES string of the molecule is C[C@H](Br)CC(N)=O. The summed E-state index contributed by atoms with van der Waals surface area (Å²) < 4.78 is 0. The molecule has 1 atom stereocenters. The van der Waals surface area contributed by atoms with E-state index in [1.165, 1.54) is 0 Å². The monoisotopic (exact) mass is 165 g/mol. The van der Waals surface area contributed by atoms with Crippen LogP contribution in [0.1, 0.15) is 13.3 Å². The van der Waals surface area contributed by atoms with Crippen molar-refractivity contribution in [1.29, 1.82) is 0 Å². The summed E-state index contributed by atoms with van der Waals surface area (Å²) in [6.07, 6.45) is 0.417. The molecule has 2 N–H and O–H groups in total. The minimum absolute atomic E-state index is 0.213. The second-order valence-corrected chi connectivity index (χ2v) is 3.01. The first-order valence-corrected chi connectivity index (χ1v) is 2.97. The maximum atomic E-state index is 10.0. The fraction of sp³-hybridized carbons (Fsp3) is 0.750. The van der Waals surface area contributed by atoms with Crippen LogP contribution < -0.4 is 5.73 Å². The van der Waals surface area contributed by atoms with Gasteiger partial charge in [0.25, 0.3) is 0 Å². The zero-order valence-electron chi connectivity index (χ0n) is 4.15. The first kappa shape index (κ1) is 6.95. The van der Waals surface area contributed by atoms with E-state index in [1.54, 1.807) is 0 Å². The number of amides is 1. The summed E-state index contributed by atoms with van der Waals surface area (Å²) in [5.74, 6) is -0.260. The van der Waals surface area contributed by atoms with Gasteiger partial charge in [-0.3, -0.25) is 4.79 Å². The van der Waals surface area contributed by atoms with Gasteiger partial charge in [0.05, 0.1) is 0 Å². The fourth-order valence-electron chi connectivity index (χ4n) is 0.277. The lowest BCUT2D eigenvalue weighted by Crippen LogP contribution is -2.13. The number of carbonyl (C=O) groups is 1.